The van der Waals surface area contributed by atoms with E-state index in [1.165, 1.54) is 30.3 Å². The van der Waals surface area contributed by atoms with Crippen molar-refractivity contribution in [3.8, 4) is 0 Å². The number of aromatic nitrogens is 1. The molecule has 1 aromatic heterocycles. The molecule has 144 valence electrons. The van der Waals surface area contributed by atoms with Gasteiger partial charge in [0.05, 0.1) is 23.7 Å². The summed E-state index contributed by atoms with van der Waals surface area (Å²) in [5, 5.41) is 0. The number of carbonyl (C=O) groups excluding carboxylic acids is 2. The maximum Gasteiger partial charge on any atom is 0.317 e. The normalized spacial score (nSPS) is 14.7. The van der Waals surface area contributed by atoms with Gasteiger partial charge in [0.15, 0.2) is 4.80 Å². The molecule has 1 aromatic carbocycles. The smallest absolute Gasteiger partial charge is 0.317 e. The van der Waals surface area contributed by atoms with E-state index in [0.29, 0.717) is 30.5 Å². The number of benzene rings is 1. The summed E-state index contributed by atoms with van der Waals surface area (Å²) in [6.45, 7) is 5.36. The summed E-state index contributed by atoms with van der Waals surface area (Å²) in [6.07, 6.45) is 1.48. The summed E-state index contributed by atoms with van der Waals surface area (Å²) >= 11 is 1.41. The first-order valence-electron chi connectivity index (χ1n) is 8.73. The Balaban J connectivity index is 2.05. The first-order valence-corrected chi connectivity index (χ1v) is 9.55. The quantitative estimate of drug-likeness (QED) is 0.734. The number of hydrogen-bond acceptors (Lipinski definition) is 6. The molecule has 0 atom stereocenters. The fraction of sp³-hybridized carbons (Fsp3) is 0.421. The second-order valence-electron chi connectivity index (χ2n) is 6.36. The number of esters is 1. The zero-order valence-electron chi connectivity index (χ0n) is 15.6. The van der Waals surface area contributed by atoms with Gasteiger partial charge in [-0.15, -0.1) is 0 Å². The first kappa shape index (κ1) is 19.2. The van der Waals surface area contributed by atoms with Crippen LogP contribution in [0.5, 0.6) is 0 Å². The Labute approximate surface area is 160 Å². The average Bonchev–Trinajstić information content (AvgIpc) is 3.02. The van der Waals surface area contributed by atoms with E-state index >= 15 is 0 Å². The Morgan fingerprint density at radius 2 is 2.15 bits per heavy atom. The Morgan fingerprint density at radius 3 is 2.81 bits per heavy atom. The molecular formula is C19H22N2O5S. The molecule has 8 heteroatoms. The summed E-state index contributed by atoms with van der Waals surface area (Å²) in [4.78, 5) is 28.7. The van der Waals surface area contributed by atoms with E-state index in [9.17, 15) is 9.59 Å². The first-order chi connectivity index (χ1) is 13.0. The molecule has 0 spiro atoms. The minimum Gasteiger partial charge on any atom is -0.494 e. The van der Waals surface area contributed by atoms with E-state index in [1.807, 2.05) is 10.6 Å². The number of nitrogens with zero attached hydrogens (tertiary/aromatic N) is 2. The van der Waals surface area contributed by atoms with E-state index in [1.54, 1.807) is 0 Å². The van der Waals surface area contributed by atoms with Crippen molar-refractivity contribution in [3.05, 3.63) is 40.6 Å². The minimum absolute atomic E-state index is 0.0843. The van der Waals surface area contributed by atoms with E-state index in [0.717, 1.165) is 10.2 Å². The monoisotopic (exact) mass is 390 g/mol. The third-order valence-electron chi connectivity index (χ3n) is 4.20. The van der Waals surface area contributed by atoms with Crippen molar-refractivity contribution in [1.82, 2.24) is 4.57 Å². The lowest BCUT2D eigenvalue weighted by Gasteiger charge is -2.12. The molecule has 1 aliphatic heterocycles. The molecule has 0 bridgehead atoms. The van der Waals surface area contributed by atoms with Crippen LogP contribution in [-0.2, 0) is 30.3 Å². The number of ether oxygens (including phenoxy) is 3. The van der Waals surface area contributed by atoms with Gasteiger partial charge in [-0.2, -0.15) is 4.99 Å². The van der Waals surface area contributed by atoms with Crippen LogP contribution in [0.15, 0.2) is 35.2 Å². The maximum absolute atomic E-state index is 12.4. The number of fused-ring (bicyclic) bond motifs is 1. The zero-order valence-corrected chi connectivity index (χ0v) is 16.4. The molecule has 0 unspecified atom stereocenters. The zero-order chi connectivity index (χ0) is 19.4. The standard InChI is InChI=1S/C19H22N2O5S/c1-12(2)13-4-5-14-16(10-13)27-19(21(14)7-6-17(22)24-3)20-18(23)15-11-25-8-9-26-15/h4-5,10-12H,6-9H2,1-3H3. The summed E-state index contributed by atoms with van der Waals surface area (Å²) in [7, 11) is 1.36. The van der Waals surface area contributed by atoms with Gasteiger partial charge in [-0.25, -0.2) is 0 Å². The van der Waals surface area contributed by atoms with Crippen LogP contribution in [0.4, 0.5) is 0 Å². The van der Waals surface area contributed by atoms with Crippen LogP contribution < -0.4 is 4.80 Å². The van der Waals surface area contributed by atoms with Crippen molar-refractivity contribution in [2.45, 2.75) is 32.7 Å². The Bertz CT molecular complexity index is 955. The van der Waals surface area contributed by atoms with E-state index in [2.05, 4.69) is 31.0 Å². The molecule has 0 fully saturated rings. The van der Waals surface area contributed by atoms with Crippen LogP contribution in [0, 0.1) is 0 Å². The predicted molar refractivity (Wildman–Crippen MR) is 101 cm³/mol. The highest BCUT2D eigenvalue weighted by Crippen LogP contribution is 2.24. The number of thiazole rings is 1. The second kappa shape index (κ2) is 8.39. The van der Waals surface area contributed by atoms with E-state index in [4.69, 9.17) is 14.2 Å². The van der Waals surface area contributed by atoms with Crippen molar-refractivity contribution in [2.24, 2.45) is 4.99 Å². The van der Waals surface area contributed by atoms with Gasteiger partial charge in [-0.3, -0.25) is 9.59 Å². The number of aryl methyl sites for hydroxylation is 1. The minimum atomic E-state index is -0.503. The highest BCUT2D eigenvalue weighted by Gasteiger charge is 2.16. The van der Waals surface area contributed by atoms with Gasteiger partial charge in [0, 0.05) is 6.54 Å². The Morgan fingerprint density at radius 1 is 1.33 bits per heavy atom. The maximum atomic E-state index is 12.4. The third kappa shape index (κ3) is 4.39. The molecule has 2 aromatic rings. The van der Waals surface area contributed by atoms with Gasteiger partial charge in [-0.05, 0) is 23.6 Å². The fourth-order valence-corrected chi connectivity index (χ4v) is 3.78. The Kier molecular flexibility index (Phi) is 5.95. The lowest BCUT2D eigenvalue weighted by atomic mass is 10.0. The van der Waals surface area contributed by atoms with E-state index in [-0.39, 0.29) is 18.1 Å². The summed E-state index contributed by atoms with van der Waals surface area (Å²) in [5.41, 5.74) is 2.13. The number of carbonyl (C=O) groups is 2. The van der Waals surface area contributed by atoms with Gasteiger partial charge in [0.1, 0.15) is 19.5 Å². The van der Waals surface area contributed by atoms with Gasteiger partial charge in [0.25, 0.3) is 0 Å². The van der Waals surface area contributed by atoms with Crippen LogP contribution in [-0.4, -0.2) is 36.8 Å². The number of hydrogen-bond donors (Lipinski definition) is 0. The van der Waals surface area contributed by atoms with Crippen LogP contribution in [0.3, 0.4) is 0 Å². The van der Waals surface area contributed by atoms with Gasteiger partial charge < -0.3 is 18.8 Å². The van der Waals surface area contributed by atoms with Crippen LogP contribution in [0.1, 0.15) is 31.7 Å². The van der Waals surface area contributed by atoms with Gasteiger partial charge in [0.2, 0.25) is 5.76 Å². The van der Waals surface area contributed by atoms with Crippen molar-refractivity contribution in [1.29, 1.82) is 0 Å². The van der Waals surface area contributed by atoms with Gasteiger partial charge in [-0.1, -0.05) is 31.3 Å². The summed E-state index contributed by atoms with van der Waals surface area (Å²) < 4.78 is 18.0. The third-order valence-corrected chi connectivity index (χ3v) is 5.24. The lowest BCUT2D eigenvalue weighted by molar-refractivity contribution is -0.140. The van der Waals surface area contributed by atoms with Gasteiger partial charge >= 0.3 is 11.9 Å². The van der Waals surface area contributed by atoms with Crippen molar-refractivity contribution >= 4 is 33.4 Å². The molecular weight excluding hydrogens is 368 g/mol. The molecule has 1 amide bonds. The molecule has 3 rings (SSSR count). The molecule has 0 saturated heterocycles. The molecule has 0 aliphatic carbocycles. The average molecular weight is 390 g/mol. The topological polar surface area (TPSA) is 79.1 Å². The molecule has 1 aliphatic rings. The van der Waals surface area contributed by atoms with E-state index < -0.39 is 5.91 Å². The largest absolute Gasteiger partial charge is 0.494 e. The summed E-state index contributed by atoms with van der Waals surface area (Å²) in [6, 6.07) is 6.16. The summed E-state index contributed by atoms with van der Waals surface area (Å²) in [5.74, 6) is -0.345. The highest BCUT2D eigenvalue weighted by atomic mass is 32.1. The second-order valence-corrected chi connectivity index (χ2v) is 7.37. The fourth-order valence-electron chi connectivity index (χ4n) is 2.68. The number of methoxy groups -OCH3 is 1. The lowest BCUT2D eigenvalue weighted by Crippen LogP contribution is -2.21. The van der Waals surface area contributed by atoms with Crippen LogP contribution in [0.25, 0.3) is 10.2 Å². The SMILES string of the molecule is COC(=O)CCn1c(=NC(=O)C2=COCCO2)sc2cc(C(C)C)ccc21. The van der Waals surface area contributed by atoms with Crippen molar-refractivity contribution in [3.63, 3.8) is 0 Å². The molecule has 0 saturated carbocycles. The predicted octanol–water partition coefficient (Wildman–Crippen LogP) is 2.70. The number of rotatable bonds is 5. The van der Waals surface area contributed by atoms with Crippen molar-refractivity contribution in [2.75, 3.05) is 20.3 Å². The highest BCUT2D eigenvalue weighted by molar-refractivity contribution is 7.16. The van der Waals surface area contributed by atoms with Crippen LogP contribution >= 0.6 is 11.3 Å². The number of amides is 1. The molecule has 7 nitrogen and oxygen atoms in total. The molecule has 27 heavy (non-hydrogen) atoms. The molecule has 2 heterocycles. The Hall–Kier alpha value is -2.61. The van der Waals surface area contributed by atoms with Crippen LogP contribution in [0.2, 0.25) is 0 Å². The molecule has 0 radical (unpaired) electrons. The molecule has 0 N–H and O–H groups in total. The van der Waals surface area contributed by atoms with Crippen molar-refractivity contribution < 1.29 is 23.8 Å².